The van der Waals surface area contributed by atoms with Crippen LogP contribution in [-0.4, -0.2) is 9.97 Å². The molecule has 22 heavy (non-hydrogen) atoms. The summed E-state index contributed by atoms with van der Waals surface area (Å²) < 4.78 is 0. The molecule has 0 unspecified atom stereocenters. The van der Waals surface area contributed by atoms with Crippen molar-refractivity contribution in [3.8, 4) is 22.6 Å². The molecule has 4 aromatic rings. The van der Waals surface area contributed by atoms with Crippen molar-refractivity contribution >= 4 is 10.9 Å². The number of para-hydroxylation sites is 1. The van der Waals surface area contributed by atoms with Crippen molar-refractivity contribution in [2.24, 2.45) is 0 Å². The normalized spacial score (nSPS) is 10.7. The van der Waals surface area contributed by atoms with Gasteiger partial charge in [0, 0.05) is 16.5 Å². The molecular weight excluding hydrogens is 268 g/mol. The Hall–Kier alpha value is -3.00. The van der Waals surface area contributed by atoms with Gasteiger partial charge in [-0.05, 0) is 6.07 Å². The third-order valence-electron chi connectivity index (χ3n) is 3.68. The monoisotopic (exact) mass is 282 g/mol. The highest BCUT2D eigenvalue weighted by molar-refractivity contribution is 5.93. The Labute approximate surface area is 129 Å². The van der Waals surface area contributed by atoms with Gasteiger partial charge in [0.2, 0.25) is 0 Å². The quantitative estimate of drug-likeness (QED) is 0.519. The molecule has 2 heteroatoms. The van der Waals surface area contributed by atoms with Crippen LogP contribution in [0.3, 0.4) is 0 Å². The van der Waals surface area contributed by atoms with E-state index in [9.17, 15) is 0 Å². The van der Waals surface area contributed by atoms with Crippen molar-refractivity contribution in [2.75, 3.05) is 0 Å². The van der Waals surface area contributed by atoms with Crippen LogP contribution >= 0.6 is 0 Å². The second-order valence-electron chi connectivity index (χ2n) is 5.15. The summed E-state index contributed by atoms with van der Waals surface area (Å²) in [6, 6.07) is 28.5. The lowest BCUT2D eigenvalue weighted by molar-refractivity contribution is 1.23. The highest BCUT2D eigenvalue weighted by atomic mass is 14.9. The van der Waals surface area contributed by atoms with E-state index in [1.807, 2.05) is 66.7 Å². The molecule has 4 rings (SSSR count). The first-order valence-electron chi connectivity index (χ1n) is 7.29. The molecule has 1 heterocycles. The second-order valence-corrected chi connectivity index (χ2v) is 5.15. The van der Waals surface area contributed by atoms with Gasteiger partial charge in [0.05, 0.1) is 11.2 Å². The molecule has 0 N–H and O–H groups in total. The fourth-order valence-corrected chi connectivity index (χ4v) is 2.61. The minimum absolute atomic E-state index is 0.762. The van der Waals surface area contributed by atoms with Gasteiger partial charge in [0.1, 0.15) is 0 Å². The van der Waals surface area contributed by atoms with Crippen molar-refractivity contribution < 1.29 is 0 Å². The molecule has 104 valence electrons. The van der Waals surface area contributed by atoms with E-state index in [0.29, 0.717) is 0 Å². The van der Waals surface area contributed by atoms with Crippen molar-refractivity contribution in [1.29, 1.82) is 0 Å². The van der Waals surface area contributed by atoms with Crippen LogP contribution < -0.4 is 0 Å². The summed E-state index contributed by atoms with van der Waals surface area (Å²) >= 11 is 0. The lowest BCUT2D eigenvalue weighted by atomic mass is 10.1. The summed E-state index contributed by atoms with van der Waals surface area (Å²) in [6.07, 6.45) is 0. The minimum atomic E-state index is 0.762. The van der Waals surface area contributed by atoms with Crippen molar-refractivity contribution in [3.05, 3.63) is 84.9 Å². The molecule has 0 fully saturated rings. The largest absolute Gasteiger partial charge is 0.228 e. The van der Waals surface area contributed by atoms with Gasteiger partial charge in [-0.1, -0.05) is 78.9 Å². The number of hydrogen-bond donors (Lipinski definition) is 0. The predicted octanol–water partition coefficient (Wildman–Crippen LogP) is 4.96. The van der Waals surface area contributed by atoms with Crippen LogP contribution in [0, 0.1) is 0 Å². The highest BCUT2D eigenvalue weighted by Crippen LogP contribution is 2.28. The van der Waals surface area contributed by atoms with E-state index in [1.54, 1.807) is 0 Å². The zero-order valence-electron chi connectivity index (χ0n) is 12.0. The van der Waals surface area contributed by atoms with E-state index < -0.39 is 0 Å². The molecule has 1 aromatic heterocycles. The topological polar surface area (TPSA) is 25.8 Å². The Bertz CT molecular complexity index is 916. The molecule has 3 aromatic carbocycles. The zero-order chi connectivity index (χ0) is 14.8. The van der Waals surface area contributed by atoms with Crippen LogP contribution in [0.1, 0.15) is 0 Å². The van der Waals surface area contributed by atoms with Crippen LogP contribution in [0.5, 0.6) is 0 Å². The van der Waals surface area contributed by atoms with Crippen LogP contribution in [0.2, 0.25) is 0 Å². The third kappa shape index (κ3) is 2.25. The number of rotatable bonds is 2. The van der Waals surface area contributed by atoms with Crippen molar-refractivity contribution in [1.82, 2.24) is 9.97 Å². The van der Waals surface area contributed by atoms with Gasteiger partial charge < -0.3 is 0 Å². The number of nitrogens with zero attached hydrogens (tertiary/aromatic N) is 2. The number of hydrogen-bond acceptors (Lipinski definition) is 2. The molecule has 2 nitrogen and oxygen atoms in total. The van der Waals surface area contributed by atoms with Gasteiger partial charge in [-0.15, -0.1) is 0 Å². The second kappa shape index (κ2) is 5.41. The molecule has 0 atom stereocenters. The van der Waals surface area contributed by atoms with Gasteiger partial charge in [-0.3, -0.25) is 0 Å². The van der Waals surface area contributed by atoms with Gasteiger partial charge in [-0.2, -0.15) is 0 Å². The first-order chi connectivity index (χ1) is 10.9. The predicted molar refractivity (Wildman–Crippen MR) is 90.4 cm³/mol. The lowest BCUT2D eigenvalue weighted by Gasteiger charge is -2.09. The molecule has 0 aliphatic heterocycles. The fourth-order valence-electron chi connectivity index (χ4n) is 2.61. The van der Waals surface area contributed by atoms with Crippen molar-refractivity contribution in [3.63, 3.8) is 0 Å². The molecule has 0 aliphatic rings. The molecule has 0 amide bonds. The van der Waals surface area contributed by atoms with Crippen LogP contribution in [0.15, 0.2) is 84.9 Å². The first kappa shape index (κ1) is 12.7. The van der Waals surface area contributed by atoms with E-state index in [2.05, 4.69) is 18.2 Å². The third-order valence-corrected chi connectivity index (χ3v) is 3.68. The maximum Gasteiger partial charge on any atom is 0.160 e. The average Bonchev–Trinajstić information content (AvgIpc) is 2.62. The maximum atomic E-state index is 4.83. The molecule has 0 bridgehead atoms. The van der Waals surface area contributed by atoms with Crippen molar-refractivity contribution in [2.45, 2.75) is 0 Å². The fraction of sp³-hybridized carbons (Fsp3) is 0. The number of benzene rings is 3. The molecule has 0 radical (unpaired) electrons. The highest BCUT2D eigenvalue weighted by Gasteiger charge is 2.10. The maximum absolute atomic E-state index is 4.83. The van der Waals surface area contributed by atoms with Gasteiger partial charge in [-0.25, -0.2) is 9.97 Å². The van der Waals surface area contributed by atoms with E-state index in [-0.39, 0.29) is 0 Å². The zero-order valence-corrected chi connectivity index (χ0v) is 12.0. The SMILES string of the molecule is c1ccc(-c2nc(-c3ccccc3)c3ccccc3n2)cc1. The Morgan fingerprint density at radius 1 is 0.500 bits per heavy atom. The summed E-state index contributed by atoms with van der Waals surface area (Å²) in [7, 11) is 0. The number of aromatic nitrogens is 2. The van der Waals surface area contributed by atoms with E-state index >= 15 is 0 Å². The molecule has 0 spiro atoms. The molecular formula is C20H14N2. The Balaban J connectivity index is 2.02. The van der Waals surface area contributed by atoms with Gasteiger partial charge in [0.25, 0.3) is 0 Å². The van der Waals surface area contributed by atoms with Gasteiger partial charge >= 0.3 is 0 Å². The average molecular weight is 282 g/mol. The molecule has 0 aliphatic carbocycles. The summed E-state index contributed by atoms with van der Waals surface area (Å²) in [5, 5.41) is 1.08. The summed E-state index contributed by atoms with van der Waals surface area (Å²) in [4.78, 5) is 9.55. The van der Waals surface area contributed by atoms with Gasteiger partial charge in [0.15, 0.2) is 5.82 Å². The van der Waals surface area contributed by atoms with Crippen LogP contribution in [0.25, 0.3) is 33.5 Å². The Kier molecular flexibility index (Phi) is 3.13. The number of fused-ring (bicyclic) bond motifs is 1. The Morgan fingerprint density at radius 3 is 1.82 bits per heavy atom. The van der Waals surface area contributed by atoms with Crippen LogP contribution in [-0.2, 0) is 0 Å². The van der Waals surface area contributed by atoms with E-state index in [1.165, 1.54) is 0 Å². The summed E-state index contributed by atoms with van der Waals surface area (Å²) in [5.74, 6) is 0.762. The summed E-state index contributed by atoms with van der Waals surface area (Å²) in [6.45, 7) is 0. The summed E-state index contributed by atoms with van der Waals surface area (Å²) in [5.41, 5.74) is 4.09. The van der Waals surface area contributed by atoms with Crippen LogP contribution in [0.4, 0.5) is 0 Å². The minimum Gasteiger partial charge on any atom is -0.228 e. The molecule has 0 saturated carbocycles. The standard InChI is InChI=1S/C20H14N2/c1-3-9-15(10-4-1)19-17-13-7-8-14-18(17)21-20(22-19)16-11-5-2-6-12-16/h1-14H. The smallest absolute Gasteiger partial charge is 0.160 e. The Morgan fingerprint density at radius 2 is 1.09 bits per heavy atom. The lowest BCUT2D eigenvalue weighted by Crippen LogP contribution is -1.94. The first-order valence-corrected chi connectivity index (χ1v) is 7.29. The molecule has 0 saturated heterocycles. The van der Waals surface area contributed by atoms with E-state index in [0.717, 1.165) is 33.5 Å². The van der Waals surface area contributed by atoms with E-state index in [4.69, 9.17) is 9.97 Å².